The summed E-state index contributed by atoms with van der Waals surface area (Å²) in [7, 11) is 0. The summed E-state index contributed by atoms with van der Waals surface area (Å²) in [6.07, 6.45) is 0. The fourth-order valence-corrected chi connectivity index (χ4v) is 1.48. The van der Waals surface area contributed by atoms with Crippen LogP contribution < -0.4 is 5.73 Å². The van der Waals surface area contributed by atoms with Crippen LogP contribution in [0.25, 0.3) is 10.9 Å². The number of rotatable bonds is 1. The summed E-state index contributed by atoms with van der Waals surface area (Å²) in [4.78, 5) is 11.0. The minimum absolute atomic E-state index is 0.425. The average molecular weight is 201 g/mol. The third-order valence-electron chi connectivity index (χ3n) is 2.54. The number of carbonyl (C=O) groups excluding carboxylic acids is 1. The second-order valence-corrected chi connectivity index (χ2v) is 3.51. The van der Waals surface area contributed by atoms with E-state index in [-0.39, 0.29) is 0 Å². The maximum Gasteiger partial charge on any atom is 0.248 e. The minimum atomic E-state index is -0.425. The van der Waals surface area contributed by atoms with E-state index in [0.717, 1.165) is 22.2 Å². The molecule has 0 radical (unpaired) electrons. The van der Waals surface area contributed by atoms with Crippen molar-refractivity contribution in [1.82, 2.24) is 10.2 Å². The Balaban J connectivity index is 2.79. The normalized spacial score (nSPS) is 10.5. The van der Waals surface area contributed by atoms with Gasteiger partial charge in [0.2, 0.25) is 5.91 Å². The lowest BCUT2D eigenvalue weighted by Gasteiger charge is -2.04. The minimum Gasteiger partial charge on any atom is -0.366 e. The van der Waals surface area contributed by atoms with Crippen LogP contribution >= 0.6 is 0 Å². The van der Waals surface area contributed by atoms with E-state index in [4.69, 9.17) is 5.73 Å². The molecule has 0 unspecified atom stereocenters. The van der Waals surface area contributed by atoms with Gasteiger partial charge in [0.25, 0.3) is 0 Å². The highest BCUT2D eigenvalue weighted by atomic mass is 16.1. The van der Waals surface area contributed by atoms with Crippen molar-refractivity contribution in [2.45, 2.75) is 13.8 Å². The zero-order valence-electron chi connectivity index (χ0n) is 8.61. The van der Waals surface area contributed by atoms with Crippen LogP contribution in [0.5, 0.6) is 0 Å². The monoisotopic (exact) mass is 201 g/mol. The molecule has 0 aliphatic carbocycles. The van der Waals surface area contributed by atoms with Gasteiger partial charge in [-0.25, -0.2) is 0 Å². The van der Waals surface area contributed by atoms with E-state index < -0.39 is 5.91 Å². The second kappa shape index (κ2) is 3.31. The maximum atomic E-state index is 11.0. The topological polar surface area (TPSA) is 68.9 Å². The first kappa shape index (κ1) is 9.58. The summed E-state index contributed by atoms with van der Waals surface area (Å²) in [5.74, 6) is -0.425. The molecule has 1 aromatic carbocycles. The fraction of sp³-hybridized carbons (Fsp3) is 0.182. The molecular formula is C11H11N3O. The van der Waals surface area contributed by atoms with Crippen LogP contribution in [0.2, 0.25) is 0 Å². The molecule has 0 spiro atoms. The average Bonchev–Trinajstić information content (AvgIpc) is 2.23. The standard InChI is InChI=1S/C11H11N3O/c1-6-7(2)13-14-10-4-3-8(11(12)15)5-9(6)10/h3-5H,1-2H3,(H2,12,15). The van der Waals surface area contributed by atoms with Crippen LogP contribution in [0.3, 0.4) is 0 Å². The van der Waals surface area contributed by atoms with Gasteiger partial charge < -0.3 is 5.73 Å². The van der Waals surface area contributed by atoms with Crippen molar-refractivity contribution in [3.63, 3.8) is 0 Å². The highest BCUT2D eigenvalue weighted by Gasteiger charge is 2.06. The molecule has 2 rings (SSSR count). The van der Waals surface area contributed by atoms with Gasteiger partial charge >= 0.3 is 0 Å². The number of nitrogens with zero attached hydrogens (tertiary/aromatic N) is 2. The quantitative estimate of drug-likeness (QED) is 0.757. The molecule has 0 saturated heterocycles. The number of primary amides is 1. The van der Waals surface area contributed by atoms with Crippen LogP contribution in [-0.2, 0) is 0 Å². The number of fused-ring (bicyclic) bond motifs is 1. The molecule has 0 aliphatic heterocycles. The second-order valence-electron chi connectivity index (χ2n) is 3.51. The van der Waals surface area contributed by atoms with Gasteiger partial charge in [0.05, 0.1) is 11.2 Å². The first-order chi connectivity index (χ1) is 7.09. The molecule has 4 nitrogen and oxygen atoms in total. The molecule has 0 bridgehead atoms. The molecule has 2 aromatic rings. The first-order valence-corrected chi connectivity index (χ1v) is 4.63. The number of carbonyl (C=O) groups is 1. The van der Waals surface area contributed by atoms with Crippen molar-refractivity contribution in [2.75, 3.05) is 0 Å². The van der Waals surface area contributed by atoms with Crippen LogP contribution in [0.15, 0.2) is 18.2 Å². The maximum absolute atomic E-state index is 11.0. The van der Waals surface area contributed by atoms with Gasteiger partial charge in [-0.15, -0.1) is 0 Å². The number of aromatic nitrogens is 2. The lowest BCUT2D eigenvalue weighted by atomic mass is 10.1. The van der Waals surface area contributed by atoms with E-state index in [1.165, 1.54) is 0 Å². The molecule has 76 valence electrons. The summed E-state index contributed by atoms with van der Waals surface area (Å²) in [6, 6.07) is 5.18. The molecule has 1 amide bonds. The van der Waals surface area contributed by atoms with E-state index in [1.54, 1.807) is 18.2 Å². The van der Waals surface area contributed by atoms with Gasteiger partial charge in [-0.3, -0.25) is 4.79 Å². The third-order valence-corrected chi connectivity index (χ3v) is 2.54. The highest BCUT2D eigenvalue weighted by Crippen LogP contribution is 2.18. The van der Waals surface area contributed by atoms with E-state index in [0.29, 0.717) is 5.56 Å². The molecule has 1 heterocycles. The molecule has 0 saturated carbocycles. The Labute approximate surface area is 87.1 Å². The Morgan fingerprint density at radius 2 is 2.00 bits per heavy atom. The Hall–Kier alpha value is -1.97. The van der Waals surface area contributed by atoms with Crippen molar-refractivity contribution in [1.29, 1.82) is 0 Å². The van der Waals surface area contributed by atoms with Crippen molar-refractivity contribution < 1.29 is 4.79 Å². The highest BCUT2D eigenvalue weighted by molar-refractivity contribution is 5.97. The molecular weight excluding hydrogens is 190 g/mol. The predicted molar refractivity (Wildman–Crippen MR) is 57.5 cm³/mol. The summed E-state index contributed by atoms with van der Waals surface area (Å²) in [5, 5.41) is 8.98. The lowest BCUT2D eigenvalue weighted by Crippen LogP contribution is -2.10. The van der Waals surface area contributed by atoms with Crippen LogP contribution in [0.1, 0.15) is 21.6 Å². The number of hydrogen-bond donors (Lipinski definition) is 1. The van der Waals surface area contributed by atoms with Gasteiger partial charge in [0.15, 0.2) is 0 Å². The molecule has 2 N–H and O–H groups in total. The third kappa shape index (κ3) is 1.54. The first-order valence-electron chi connectivity index (χ1n) is 4.63. The van der Waals surface area contributed by atoms with E-state index in [9.17, 15) is 4.79 Å². The molecule has 1 aromatic heterocycles. The Kier molecular flexibility index (Phi) is 2.11. The molecule has 0 fully saturated rings. The van der Waals surface area contributed by atoms with Gasteiger partial charge in [0.1, 0.15) is 0 Å². The summed E-state index contributed by atoms with van der Waals surface area (Å²) in [5.41, 5.74) is 8.39. The molecule has 15 heavy (non-hydrogen) atoms. The van der Waals surface area contributed by atoms with Gasteiger partial charge in [-0.05, 0) is 37.6 Å². The Bertz CT molecular complexity index is 549. The smallest absolute Gasteiger partial charge is 0.248 e. The van der Waals surface area contributed by atoms with Crippen molar-refractivity contribution >= 4 is 16.8 Å². The Morgan fingerprint density at radius 1 is 1.27 bits per heavy atom. The summed E-state index contributed by atoms with van der Waals surface area (Å²) < 4.78 is 0. The SMILES string of the molecule is Cc1nnc2ccc(C(N)=O)cc2c1C. The molecule has 0 atom stereocenters. The number of amides is 1. The number of aryl methyl sites for hydroxylation is 2. The van der Waals surface area contributed by atoms with Crippen molar-refractivity contribution in [2.24, 2.45) is 5.73 Å². The zero-order valence-corrected chi connectivity index (χ0v) is 8.61. The van der Waals surface area contributed by atoms with Crippen molar-refractivity contribution in [3.05, 3.63) is 35.0 Å². The van der Waals surface area contributed by atoms with E-state index in [1.807, 2.05) is 13.8 Å². The number of hydrogen-bond acceptors (Lipinski definition) is 3. The van der Waals surface area contributed by atoms with Gasteiger partial charge in [0, 0.05) is 10.9 Å². The van der Waals surface area contributed by atoms with E-state index in [2.05, 4.69) is 10.2 Å². The van der Waals surface area contributed by atoms with Gasteiger partial charge in [-0.2, -0.15) is 10.2 Å². The Morgan fingerprint density at radius 3 is 2.67 bits per heavy atom. The lowest BCUT2D eigenvalue weighted by molar-refractivity contribution is 0.100. The molecule has 4 heteroatoms. The van der Waals surface area contributed by atoms with Crippen molar-refractivity contribution in [3.8, 4) is 0 Å². The largest absolute Gasteiger partial charge is 0.366 e. The van der Waals surface area contributed by atoms with Crippen LogP contribution in [0, 0.1) is 13.8 Å². The van der Waals surface area contributed by atoms with Gasteiger partial charge in [-0.1, -0.05) is 0 Å². The zero-order chi connectivity index (χ0) is 11.0. The van der Waals surface area contributed by atoms with Crippen LogP contribution in [0.4, 0.5) is 0 Å². The number of nitrogens with two attached hydrogens (primary N) is 1. The van der Waals surface area contributed by atoms with Crippen LogP contribution in [-0.4, -0.2) is 16.1 Å². The fourth-order valence-electron chi connectivity index (χ4n) is 1.48. The summed E-state index contributed by atoms with van der Waals surface area (Å²) in [6.45, 7) is 3.84. The van der Waals surface area contributed by atoms with E-state index >= 15 is 0 Å². The summed E-state index contributed by atoms with van der Waals surface area (Å²) >= 11 is 0. The predicted octanol–water partition coefficient (Wildman–Crippen LogP) is 1.35. The number of benzene rings is 1. The molecule has 0 aliphatic rings.